The second-order valence-electron chi connectivity index (χ2n) is 5.12. The standard InChI is InChI=1S/C19H18O5/c1-13(20)15-4-3-5-17(11-15)24-12-16-10-14(7-9-19(21)22)6-8-18(16)23-2/h3-11H,12H2,1-2H3,(H,21,22). The number of ether oxygens (including phenoxy) is 2. The molecule has 0 unspecified atom stereocenters. The molecule has 0 atom stereocenters. The lowest BCUT2D eigenvalue weighted by Crippen LogP contribution is -2.00. The van der Waals surface area contributed by atoms with Crippen LogP contribution < -0.4 is 9.47 Å². The zero-order valence-electron chi connectivity index (χ0n) is 13.5. The molecule has 0 radical (unpaired) electrons. The Labute approximate surface area is 140 Å². The third-order valence-corrected chi connectivity index (χ3v) is 3.36. The number of ketones is 1. The van der Waals surface area contributed by atoms with E-state index in [1.54, 1.807) is 49.6 Å². The first-order chi connectivity index (χ1) is 11.5. The maximum atomic E-state index is 11.4. The normalized spacial score (nSPS) is 10.6. The molecule has 5 heteroatoms. The van der Waals surface area contributed by atoms with Gasteiger partial charge in [0.15, 0.2) is 5.78 Å². The summed E-state index contributed by atoms with van der Waals surface area (Å²) in [4.78, 5) is 22.0. The zero-order valence-corrected chi connectivity index (χ0v) is 13.5. The van der Waals surface area contributed by atoms with Gasteiger partial charge in [0.25, 0.3) is 0 Å². The van der Waals surface area contributed by atoms with Gasteiger partial charge in [-0.3, -0.25) is 4.79 Å². The van der Waals surface area contributed by atoms with E-state index in [0.717, 1.165) is 17.2 Å². The Kier molecular flexibility index (Phi) is 5.73. The molecule has 0 saturated carbocycles. The summed E-state index contributed by atoms with van der Waals surface area (Å²) >= 11 is 0. The number of carbonyl (C=O) groups is 2. The van der Waals surface area contributed by atoms with Gasteiger partial charge in [-0.25, -0.2) is 4.79 Å². The van der Waals surface area contributed by atoms with E-state index in [1.807, 2.05) is 0 Å². The van der Waals surface area contributed by atoms with E-state index in [2.05, 4.69) is 0 Å². The van der Waals surface area contributed by atoms with Crippen molar-refractivity contribution in [3.05, 3.63) is 65.2 Å². The molecule has 0 saturated heterocycles. The number of hydrogen-bond acceptors (Lipinski definition) is 4. The lowest BCUT2D eigenvalue weighted by molar-refractivity contribution is -0.131. The van der Waals surface area contributed by atoms with Crippen LogP contribution in [0, 0.1) is 0 Å². The van der Waals surface area contributed by atoms with Crippen molar-refractivity contribution in [3.8, 4) is 11.5 Å². The van der Waals surface area contributed by atoms with Crippen LogP contribution in [0.25, 0.3) is 6.08 Å². The maximum Gasteiger partial charge on any atom is 0.328 e. The first-order valence-corrected chi connectivity index (χ1v) is 7.31. The van der Waals surface area contributed by atoms with Crippen molar-refractivity contribution >= 4 is 17.8 Å². The highest BCUT2D eigenvalue weighted by Crippen LogP contribution is 2.23. The van der Waals surface area contributed by atoms with Gasteiger partial charge in [-0.05, 0) is 42.8 Å². The number of Topliss-reactive ketones (excluding diaryl/α,β-unsaturated/α-hetero) is 1. The summed E-state index contributed by atoms with van der Waals surface area (Å²) in [5.74, 6) is 0.185. The molecule has 1 N–H and O–H groups in total. The van der Waals surface area contributed by atoms with Crippen LogP contribution in [0.5, 0.6) is 11.5 Å². The van der Waals surface area contributed by atoms with Gasteiger partial charge in [0.1, 0.15) is 18.1 Å². The van der Waals surface area contributed by atoms with Crippen molar-refractivity contribution in [2.24, 2.45) is 0 Å². The van der Waals surface area contributed by atoms with Crippen LogP contribution in [0.2, 0.25) is 0 Å². The van der Waals surface area contributed by atoms with Crippen molar-refractivity contribution in [2.45, 2.75) is 13.5 Å². The van der Waals surface area contributed by atoms with Crippen molar-refractivity contribution < 1.29 is 24.2 Å². The van der Waals surface area contributed by atoms with Gasteiger partial charge in [0, 0.05) is 17.2 Å². The van der Waals surface area contributed by atoms with Crippen LogP contribution in [-0.2, 0) is 11.4 Å². The molecular formula is C19H18O5. The van der Waals surface area contributed by atoms with E-state index < -0.39 is 5.97 Å². The minimum Gasteiger partial charge on any atom is -0.496 e. The minimum atomic E-state index is -1.01. The number of carbonyl (C=O) groups excluding carboxylic acids is 1. The monoisotopic (exact) mass is 326 g/mol. The number of rotatable bonds is 7. The molecule has 2 aromatic carbocycles. The molecule has 0 bridgehead atoms. The molecule has 124 valence electrons. The number of aliphatic carboxylic acids is 1. The fourth-order valence-electron chi connectivity index (χ4n) is 2.15. The van der Waals surface area contributed by atoms with Crippen molar-refractivity contribution in [2.75, 3.05) is 7.11 Å². The summed E-state index contributed by atoms with van der Waals surface area (Å²) in [7, 11) is 1.56. The molecule has 0 amide bonds. The Bertz CT molecular complexity index is 777. The Hall–Kier alpha value is -3.08. The van der Waals surface area contributed by atoms with Crippen LogP contribution in [-0.4, -0.2) is 24.0 Å². The van der Waals surface area contributed by atoms with Crippen molar-refractivity contribution in [1.82, 2.24) is 0 Å². The quantitative estimate of drug-likeness (QED) is 0.622. The molecule has 0 aliphatic carbocycles. The second-order valence-corrected chi connectivity index (χ2v) is 5.12. The fraction of sp³-hybridized carbons (Fsp3) is 0.158. The first-order valence-electron chi connectivity index (χ1n) is 7.31. The second kappa shape index (κ2) is 7.97. The smallest absolute Gasteiger partial charge is 0.328 e. The predicted octanol–water partition coefficient (Wildman–Crippen LogP) is 3.57. The van der Waals surface area contributed by atoms with Crippen LogP contribution >= 0.6 is 0 Å². The summed E-state index contributed by atoms with van der Waals surface area (Å²) in [6, 6.07) is 12.3. The molecule has 0 heterocycles. The number of carboxylic acid groups (broad SMARTS) is 1. The molecule has 0 fully saturated rings. The minimum absolute atomic E-state index is 0.0289. The van der Waals surface area contributed by atoms with Gasteiger partial charge < -0.3 is 14.6 Å². The molecule has 2 aromatic rings. The highest BCUT2D eigenvalue weighted by molar-refractivity contribution is 5.94. The SMILES string of the molecule is COc1ccc(C=CC(=O)O)cc1COc1cccc(C(C)=O)c1. The summed E-state index contributed by atoms with van der Waals surface area (Å²) in [6.07, 6.45) is 2.57. The number of hydrogen-bond donors (Lipinski definition) is 1. The largest absolute Gasteiger partial charge is 0.496 e. The first kappa shape index (κ1) is 17.3. The average Bonchev–Trinajstić information content (AvgIpc) is 2.58. The van der Waals surface area contributed by atoms with Crippen LogP contribution in [0.15, 0.2) is 48.5 Å². The third-order valence-electron chi connectivity index (χ3n) is 3.36. The van der Waals surface area contributed by atoms with E-state index in [9.17, 15) is 9.59 Å². The molecule has 2 rings (SSSR count). The van der Waals surface area contributed by atoms with Gasteiger partial charge in [-0.2, -0.15) is 0 Å². The Balaban J connectivity index is 2.18. The number of methoxy groups -OCH3 is 1. The van der Waals surface area contributed by atoms with Crippen molar-refractivity contribution in [1.29, 1.82) is 0 Å². The number of benzene rings is 2. The third kappa shape index (κ3) is 4.71. The van der Waals surface area contributed by atoms with E-state index in [4.69, 9.17) is 14.6 Å². The van der Waals surface area contributed by atoms with Gasteiger partial charge >= 0.3 is 5.97 Å². The Morgan fingerprint density at radius 1 is 1.17 bits per heavy atom. The Morgan fingerprint density at radius 2 is 1.96 bits per heavy atom. The topological polar surface area (TPSA) is 72.8 Å². The molecule has 0 spiro atoms. The summed E-state index contributed by atoms with van der Waals surface area (Å²) < 4.78 is 11.0. The highest BCUT2D eigenvalue weighted by Gasteiger charge is 2.06. The summed E-state index contributed by atoms with van der Waals surface area (Å²) in [5, 5.41) is 8.70. The average molecular weight is 326 g/mol. The molecule has 0 aliphatic rings. The van der Waals surface area contributed by atoms with Gasteiger partial charge in [0.2, 0.25) is 0 Å². The van der Waals surface area contributed by atoms with Gasteiger partial charge in [-0.1, -0.05) is 18.2 Å². The van der Waals surface area contributed by atoms with Crippen LogP contribution in [0.3, 0.4) is 0 Å². The van der Waals surface area contributed by atoms with Crippen LogP contribution in [0.4, 0.5) is 0 Å². The predicted molar refractivity (Wildman–Crippen MR) is 90.4 cm³/mol. The molecule has 24 heavy (non-hydrogen) atoms. The molecule has 0 aromatic heterocycles. The van der Waals surface area contributed by atoms with Crippen molar-refractivity contribution in [3.63, 3.8) is 0 Å². The molecular weight excluding hydrogens is 308 g/mol. The zero-order chi connectivity index (χ0) is 17.5. The van der Waals surface area contributed by atoms with E-state index in [0.29, 0.717) is 17.1 Å². The molecule has 0 aliphatic heterocycles. The van der Waals surface area contributed by atoms with E-state index in [-0.39, 0.29) is 12.4 Å². The molecule has 5 nitrogen and oxygen atoms in total. The van der Waals surface area contributed by atoms with Gasteiger partial charge in [0.05, 0.1) is 7.11 Å². The highest BCUT2D eigenvalue weighted by atomic mass is 16.5. The van der Waals surface area contributed by atoms with Gasteiger partial charge in [-0.15, -0.1) is 0 Å². The lowest BCUT2D eigenvalue weighted by Gasteiger charge is -2.11. The summed E-state index contributed by atoms with van der Waals surface area (Å²) in [6.45, 7) is 1.74. The summed E-state index contributed by atoms with van der Waals surface area (Å²) in [5.41, 5.74) is 2.09. The Morgan fingerprint density at radius 3 is 2.62 bits per heavy atom. The van der Waals surface area contributed by atoms with Crippen LogP contribution in [0.1, 0.15) is 28.4 Å². The fourth-order valence-corrected chi connectivity index (χ4v) is 2.15. The van der Waals surface area contributed by atoms with E-state index in [1.165, 1.54) is 13.0 Å². The van der Waals surface area contributed by atoms with E-state index >= 15 is 0 Å². The number of carboxylic acids is 1. The lowest BCUT2D eigenvalue weighted by atomic mass is 10.1. The maximum absolute atomic E-state index is 11.4.